The van der Waals surface area contributed by atoms with E-state index in [4.69, 9.17) is 0 Å². The molecule has 1 amide bonds. The molecule has 2 aliphatic rings. The van der Waals surface area contributed by atoms with Gasteiger partial charge in [-0.2, -0.15) is 0 Å². The fourth-order valence-corrected chi connectivity index (χ4v) is 2.96. The van der Waals surface area contributed by atoms with Crippen molar-refractivity contribution in [3.63, 3.8) is 0 Å². The lowest BCUT2D eigenvalue weighted by molar-refractivity contribution is -0.140. The molecule has 3 rings (SSSR count). The molecule has 0 aliphatic carbocycles. The summed E-state index contributed by atoms with van der Waals surface area (Å²) in [6, 6.07) is 6.31. The average molecular weight is 248 g/mol. The van der Waals surface area contributed by atoms with Crippen LogP contribution in [0.2, 0.25) is 0 Å². The second kappa shape index (κ2) is 4.69. The van der Waals surface area contributed by atoms with Gasteiger partial charge >= 0.3 is 0 Å². The molecular formula is C14H17FN2O. The normalized spacial score (nSPS) is 28.1. The van der Waals surface area contributed by atoms with Crippen molar-refractivity contribution in [2.45, 2.75) is 31.3 Å². The van der Waals surface area contributed by atoms with Gasteiger partial charge in [0.1, 0.15) is 11.9 Å². The van der Waals surface area contributed by atoms with Gasteiger partial charge in [-0.3, -0.25) is 4.79 Å². The maximum absolute atomic E-state index is 13.8. The lowest BCUT2D eigenvalue weighted by Crippen LogP contribution is -2.57. The van der Waals surface area contributed by atoms with Gasteiger partial charge in [0, 0.05) is 24.7 Å². The first-order valence-corrected chi connectivity index (χ1v) is 6.55. The van der Waals surface area contributed by atoms with Crippen molar-refractivity contribution >= 4 is 5.91 Å². The Morgan fingerprint density at radius 1 is 1.28 bits per heavy atom. The number of amides is 1. The summed E-state index contributed by atoms with van der Waals surface area (Å²) in [5, 5.41) is 3.19. The van der Waals surface area contributed by atoms with Gasteiger partial charge < -0.3 is 10.2 Å². The molecule has 0 bridgehead atoms. The predicted octanol–water partition coefficient (Wildman–Crippen LogP) is 1.85. The molecule has 1 N–H and O–H groups in total. The van der Waals surface area contributed by atoms with Crippen molar-refractivity contribution in [3.8, 4) is 0 Å². The van der Waals surface area contributed by atoms with Crippen molar-refractivity contribution in [1.29, 1.82) is 0 Å². The Kier molecular flexibility index (Phi) is 3.04. The molecular weight excluding hydrogens is 231 g/mol. The highest BCUT2D eigenvalue weighted by atomic mass is 19.1. The Labute approximate surface area is 106 Å². The van der Waals surface area contributed by atoms with Gasteiger partial charge in [0.05, 0.1) is 0 Å². The van der Waals surface area contributed by atoms with E-state index in [2.05, 4.69) is 5.32 Å². The molecule has 3 nitrogen and oxygen atoms in total. The minimum atomic E-state index is -0.513. The van der Waals surface area contributed by atoms with Crippen LogP contribution in [0.4, 0.5) is 4.39 Å². The van der Waals surface area contributed by atoms with Crippen LogP contribution in [0, 0.1) is 5.82 Å². The van der Waals surface area contributed by atoms with Gasteiger partial charge in [0.2, 0.25) is 5.91 Å². The van der Waals surface area contributed by atoms with Crippen LogP contribution in [-0.4, -0.2) is 29.9 Å². The molecule has 18 heavy (non-hydrogen) atoms. The smallest absolute Gasteiger partial charge is 0.244 e. The third-order valence-electron chi connectivity index (χ3n) is 3.93. The Balaban J connectivity index is 1.86. The third-order valence-corrected chi connectivity index (χ3v) is 3.93. The molecule has 2 saturated heterocycles. The molecule has 0 aromatic heterocycles. The van der Waals surface area contributed by atoms with Crippen LogP contribution in [0.5, 0.6) is 0 Å². The Morgan fingerprint density at radius 2 is 2.11 bits per heavy atom. The Morgan fingerprint density at radius 3 is 2.94 bits per heavy atom. The second-order valence-corrected chi connectivity index (χ2v) is 5.04. The zero-order valence-electron chi connectivity index (χ0n) is 10.2. The topological polar surface area (TPSA) is 32.3 Å². The van der Waals surface area contributed by atoms with E-state index in [1.165, 1.54) is 12.5 Å². The van der Waals surface area contributed by atoms with Crippen LogP contribution in [-0.2, 0) is 4.79 Å². The van der Waals surface area contributed by atoms with Gasteiger partial charge in [-0.15, -0.1) is 0 Å². The quantitative estimate of drug-likeness (QED) is 0.822. The molecule has 2 unspecified atom stereocenters. The number of fused-ring (bicyclic) bond motifs is 1. The van der Waals surface area contributed by atoms with E-state index in [9.17, 15) is 9.18 Å². The Bertz CT molecular complexity index is 463. The largest absolute Gasteiger partial charge is 0.337 e. The van der Waals surface area contributed by atoms with E-state index in [1.807, 2.05) is 4.90 Å². The van der Waals surface area contributed by atoms with Crippen molar-refractivity contribution in [2.24, 2.45) is 0 Å². The number of carbonyl (C=O) groups is 1. The summed E-state index contributed by atoms with van der Waals surface area (Å²) in [6.45, 7) is 1.58. The zero-order valence-corrected chi connectivity index (χ0v) is 10.2. The van der Waals surface area contributed by atoms with Crippen LogP contribution in [0.1, 0.15) is 30.9 Å². The van der Waals surface area contributed by atoms with Crippen LogP contribution < -0.4 is 5.32 Å². The number of halogens is 1. The van der Waals surface area contributed by atoms with Gasteiger partial charge in [-0.1, -0.05) is 18.2 Å². The number of carbonyl (C=O) groups excluding carboxylic acids is 1. The first-order valence-electron chi connectivity index (χ1n) is 6.55. The van der Waals surface area contributed by atoms with Crippen molar-refractivity contribution in [1.82, 2.24) is 10.2 Å². The summed E-state index contributed by atoms with van der Waals surface area (Å²) in [5.74, 6) is -0.283. The lowest BCUT2D eigenvalue weighted by atomic mass is 9.94. The third kappa shape index (κ3) is 1.90. The number of nitrogens with one attached hydrogen (secondary N) is 1. The molecule has 1 aromatic carbocycles. The average Bonchev–Trinajstić information content (AvgIpc) is 2.41. The SMILES string of the molecule is O=C1C(c2ccccc2F)NCC2CCCCN12. The van der Waals surface area contributed by atoms with Crippen LogP contribution in [0.3, 0.4) is 0 Å². The number of hydrogen-bond donors (Lipinski definition) is 1. The summed E-state index contributed by atoms with van der Waals surface area (Å²) < 4.78 is 13.8. The number of nitrogens with zero attached hydrogens (tertiary/aromatic N) is 1. The highest BCUT2D eigenvalue weighted by Crippen LogP contribution is 2.27. The number of piperazine rings is 1. The van der Waals surface area contributed by atoms with E-state index in [-0.39, 0.29) is 11.7 Å². The van der Waals surface area contributed by atoms with E-state index in [0.717, 1.165) is 25.9 Å². The first kappa shape index (κ1) is 11.7. The van der Waals surface area contributed by atoms with Gasteiger partial charge in [0.15, 0.2) is 0 Å². The van der Waals surface area contributed by atoms with E-state index in [1.54, 1.807) is 18.2 Å². The number of piperidine rings is 1. The van der Waals surface area contributed by atoms with Crippen molar-refractivity contribution < 1.29 is 9.18 Å². The minimum Gasteiger partial charge on any atom is -0.337 e. The van der Waals surface area contributed by atoms with Crippen LogP contribution in [0.15, 0.2) is 24.3 Å². The number of benzene rings is 1. The molecule has 1 aromatic rings. The lowest BCUT2D eigenvalue weighted by Gasteiger charge is -2.42. The van der Waals surface area contributed by atoms with Crippen LogP contribution in [0.25, 0.3) is 0 Å². The summed E-state index contributed by atoms with van der Waals surface area (Å²) in [5.41, 5.74) is 0.464. The maximum Gasteiger partial charge on any atom is 0.244 e. The second-order valence-electron chi connectivity index (χ2n) is 5.04. The fourth-order valence-electron chi connectivity index (χ4n) is 2.96. The molecule has 96 valence electrons. The van der Waals surface area contributed by atoms with Gasteiger partial charge in [-0.25, -0.2) is 4.39 Å². The monoisotopic (exact) mass is 248 g/mol. The molecule has 0 spiro atoms. The van der Waals surface area contributed by atoms with Crippen molar-refractivity contribution in [2.75, 3.05) is 13.1 Å². The molecule has 2 heterocycles. The Hall–Kier alpha value is -1.42. The summed E-state index contributed by atoms with van der Waals surface area (Å²) in [7, 11) is 0. The van der Waals surface area contributed by atoms with E-state index < -0.39 is 6.04 Å². The first-order chi connectivity index (χ1) is 8.77. The summed E-state index contributed by atoms with van der Waals surface area (Å²) in [4.78, 5) is 14.3. The number of rotatable bonds is 1. The molecule has 0 radical (unpaired) electrons. The van der Waals surface area contributed by atoms with E-state index in [0.29, 0.717) is 11.6 Å². The van der Waals surface area contributed by atoms with Gasteiger partial charge in [-0.05, 0) is 25.3 Å². The summed E-state index contributed by atoms with van der Waals surface area (Å²) in [6.07, 6.45) is 3.30. The van der Waals surface area contributed by atoms with Crippen LogP contribution >= 0.6 is 0 Å². The zero-order chi connectivity index (χ0) is 12.5. The molecule has 2 aliphatic heterocycles. The highest BCUT2D eigenvalue weighted by molar-refractivity contribution is 5.84. The minimum absolute atomic E-state index is 0.0241. The number of hydrogen-bond acceptors (Lipinski definition) is 2. The maximum atomic E-state index is 13.8. The molecule has 2 atom stereocenters. The summed E-state index contributed by atoms with van der Waals surface area (Å²) >= 11 is 0. The molecule has 0 saturated carbocycles. The van der Waals surface area contributed by atoms with Crippen molar-refractivity contribution in [3.05, 3.63) is 35.6 Å². The standard InChI is InChI=1S/C14H17FN2O/c15-12-7-2-1-6-11(12)13-14(18)17-8-4-3-5-10(17)9-16-13/h1-2,6-7,10,13,16H,3-5,8-9H2. The molecule has 2 fully saturated rings. The highest BCUT2D eigenvalue weighted by Gasteiger charge is 2.37. The predicted molar refractivity (Wildman–Crippen MR) is 66.5 cm³/mol. The molecule has 4 heteroatoms. The van der Waals surface area contributed by atoms with E-state index >= 15 is 0 Å². The fraction of sp³-hybridized carbons (Fsp3) is 0.500. The van der Waals surface area contributed by atoms with Gasteiger partial charge in [0.25, 0.3) is 0 Å².